The quantitative estimate of drug-likeness (QED) is 0.839. The number of nitrogens with one attached hydrogen (secondary N) is 1. The van der Waals surface area contributed by atoms with Crippen molar-refractivity contribution in [2.75, 3.05) is 24.5 Å². The Balaban J connectivity index is 2.10. The Labute approximate surface area is 112 Å². The second kappa shape index (κ2) is 5.84. The SMILES string of the molecule is CCNC(=O)c1ccc(N2CC(CN)CC2=O)cc1. The van der Waals surface area contributed by atoms with E-state index in [1.807, 2.05) is 6.92 Å². The van der Waals surface area contributed by atoms with Crippen LogP contribution in [0, 0.1) is 5.92 Å². The molecular formula is C14H19N3O2. The predicted molar refractivity (Wildman–Crippen MR) is 74.0 cm³/mol. The summed E-state index contributed by atoms with van der Waals surface area (Å²) in [5.74, 6) is 0.235. The van der Waals surface area contributed by atoms with Crippen LogP contribution in [0.15, 0.2) is 24.3 Å². The average Bonchev–Trinajstić information content (AvgIpc) is 2.80. The van der Waals surface area contributed by atoms with E-state index < -0.39 is 0 Å². The molecule has 1 aromatic rings. The minimum absolute atomic E-state index is 0.0957. The van der Waals surface area contributed by atoms with Gasteiger partial charge in [0.15, 0.2) is 0 Å². The van der Waals surface area contributed by atoms with Gasteiger partial charge in [-0.2, -0.15) is 0 Å². The van der Waals surface area contributed by atoms with Crippen molar-refractivity contribution in [2.24, 2.45) is 11.7 Å². The monoisotopic (exact) mass is 261 g/mol. The molecule has 1 aromatic carbocycles. The normalized spacial score (nSPS) is 18.7. The number of hydrogen-bond acceptors (Lipinski definition) is 3. The molecule has 1 unspecified atom stereocenters. The zero-order chi connectivity index (χ0) is 13.8. The smallest absolute Gasteiger partial charge is 0.251 e. The first-order valence-corrected chi connectivity index (χ1v) is 6.54. The Kier molecular flexibility index (Phi) is 4.16. The first-order chi connectivity index (χ1) is 9.15. The van der Waals surface area contributed by atoms with Crippen LogP contribution in [0.25, 0.3) is 0 Å². The molecule has 5 heteroatoms. The van der Waals surface area contributed by atoms with Crippen LogP contribution in [0.4, 0.5) is 5.69 Å². The van der Waals surface area contributed by atoms with Gasteiger partial charge in [-0.3, -0.25) is 9.59 Å². The van der Waals surface area contributed by atoms with E-state index in [-0.39, 0.29) is 17.7 Å². The highest BCUT2D eigenvalue weighted by atomic mass is 16.2. The zero-order valence-corrected chi connectivity index (χ0v) is 11.1. The van der Waals surface area contributed by atoms with Gasteiger partial charge in [0, 0.05) is 30.8 Å². The first kappa shape index (κ1) is 13.5. The fourth-order valence-corrected chi connectivity index (χ4v) is 2.24. The van der Waals surface area contributed by atoms with E-state index in [1.54, 1.807) is 29.2 Å². The summed E-state index contributed by atoms with van der Waals surface area (Å²) in [7, 11) is 0. The van der Waals surface area contributed by atoms with E-state index in [2.05, 4.69) is 5.32 Å². The number of nitrogens with zero attached hydrogens (tertiary/aromatic N) is 1. The van der Waals surface area contributed by atoms with Crippen molar-refractivity contribution in [3.05, 3.63) is 29.8 Å². The number of rotatable bonds is 4. The third kappa shape index (κ3) is 2.93. The van der Waals surface area contributed by atoms with Gasteiger partial charge in [-0.25, -0.2) is 0 Å². The molecule has 0 aliphatic carbocycles. The third-order valence-electron chi connectivity index (χ3n) is 3.32. The number of anilines is 1. The van der Waals surface area contributed by atoms with E-state index in [4.69, 9.17) is 5.73 Å². The van der Waals surface area contributed by atoms with Gasteiger partial charge in [0.1, 0.15) is 0 Å². The number of carbonyl (C=O) groups is 2. The molecule has 3 N–H and O–H groups in total. The summed E-state index contributed by atoms with van der Waals surface area (Å²) in [6.07, 6.45) is 0.509. The molecule has 102 valence electrons. The lowest BCUT2D eigenvalue weighted by Crippen LogP contribution is -2.26. The van der Waals surface area contributed by atoms with Crippen molar-refractivity contribution in [3.8, 4) is 0 Å². The molecular weight excluding hydrogens is 242 g/mol. The summed E-state index contributed by atoms with van der Waals surface area (Å²) in [5.41, 5.74) is 7.03. The van der Waals surface area contributed by atoms with Crippen molar-refractivity contribution in [2.45, 2.75) is 13.3 Å². The van der Waals surface area contributed by atoms with E-state index in [9.17, 15) is 9.59 Å². The van der Waals surface area contributed by atoms with E-state index in [0.717, 1.165) is 5.69 Å². The largest absolute Gasteiger partial charge is 0.352 e. The van der Waals surface area contributed by atoms with Gasteiger partial charge in [-0.05, 0) is 43.7 Å². The van der Waals surface area contributed by atoms with E-state index in [1.165, 1.54) is 0 Å². The minimum Gasteiger partial charge on any atom is -0.352 e. The minimum atomic E-state index is -0.0957. The molecule has 0 bridgehead atoms. The van der Waals surface area contributed by atoms with Crippen molar-refractivity contribution >= 4 is 17.5 Å². The number of nitrogens with two attached hydrogens (primary N) is 1. The van der Waals surface area contributed by atoms with Crippen LogP contribution in [-0.4, -0.2) is 31.4 Å². The molecule has 5 nitrogen and oxygen atoms in total. The van der Waals surface area contributed by atoms with Gasteiger partial charge in [0.25, 0.3) is 5.91 Å². The molecule has 1 atom stereocenters. The fourth-order valence-electron chi connectivity index (χ4n) is 2.24. The van der Waals surface area contributed by atoms with Gasteiger partial charge < -0.3 is 16.0 Å². The van der Waals surface area contributed by atoms with Gasteiger partial charge in [-0.15, -0.1) is 0 Å². The molecule has 2 rings (SSSR count). The summed E-state index contributed by atoms with van der Waals surface area (Å²) in [5, 5.41) is 2.74. The molecule has 0 spiro atoms. The topological polar surface area (TPSA) is 75.4 Å². The molecule has 19 heavy (non-hydrogen) atoms. The lowest BCUT2D eigenvalue weighted by Gasteiger charge is -2.16. The van der Waals surface area contributed by atoms with Crippen LogP contribution in [0.5, 0.6) is 0 Å². The van der Waals surface area contributed by atoms with Crippen molar-refractivity contribution in [1.29, 1.82) is 0 Å². The van der Waals surface area contributed by atoms with Crippen molar-refractivity contribution in [3.63, 3.8) is 0 Å². The van der Waals surface area contributed by atoms with E-state index >= 15 is 0 Å². The number of hydrogen-bond donors (Lipinski definition) is 2. The maximum absolute atomic E-state index is 11.9. The van der Waals surface area contributed by atoms with Gasteiger partial charge >= 0.3 is 0 Å². The van der Waals surface area contributed by atoms with Crippen LogP contribution >= 0.6 is 0 Å². The maximum atomic E-state index is 11.9. The molecule has 0 aromatic heterocycles. The third-order valence-corrected chi connectivity index (χ3v) is 3.32. The van der Waals surface area contributed by atoms with Gasteiger partial charge in [-0.1, -0.05) is 0 Å². The van der Waals surface area contributed by atoms with Crippen molar-refractivity contribution < 1.29 is 9.59 Å². The molecule has 1 saturated heterocycles. The maximum Gasteiger partial charge on any atom is 0.251 e. The summed E-state index contributed by atoms with van der Waals surface area (Å²) in [6, 6.07) is 7.09. The van der Waals surface area contributed by atoms with Crippen LogP contribution in [0.3, 0.4) is 0 Å². The van der Waals surface area contributed by atoms with Gasteiger partial charge in [0.2, 0.25) is 5.91 Å². The van der Waals surface area contributed by atoms with E-state index in [0.29, 0.717) is 31.6 Å². The highest BCUT2D eigenvalue weighted by molar-refractivity contribution is 5.97. The molecule has 1 heterocycles. The lowest BCUT2D eigenvalue weighted by molar-refractivity contribution is -0.117. The number of benzene rings is 1. The highest BCUT2D eigenvalue weighted by Gasteiger charge is 2.29. The summed E-state index contributed by atoms with van der Waals surface area (Å²) in [6.45, 7) is 3.67. The molecule has 0 saturated carbocycles. The molecule has 1 aliphatic rings. The summed E-state index contributed by atoms with van der Waals surface area (Å²) < 4.78 is 0. The summed E-state index contributed by atoms with van der Waals surface area (Å²) in [4.78, 5) is 25.2. The molecule has 1 fully saturated rings. The Bertz CT molecular complexity index is 470. The Hall–Kier alpha value is -1.88. The average molecular weight is 261 g/mol. The molecule has 1 aliphatic heterocycles. The number of carbonyl (C=O) groups excluding carboxylic acids is 2. The van der Waals surface area contributed by atoms with Crippen LogP contribution < -0.4 is 16.0 Å². The Morgan fingerprint density at radius 2 is 2.11 bits per heavy atom. The zero-order valence-electron chi connectivity index (χ0n) is 11.1. The molecule has 0 radical (unpaired) electrons. The summed E-state index contributed by atoms with van der Waals surface area (Å²) >= 11 is 0. The first-order valence-electron chi connectivity index (χ1n) is 6.54. The second-order valence-electron chi connectivity index (χ2n) is 4.72. The van der Waals surface area contributed by atoms with Crippen LogP contribution in [0.2, 0.25) is 0 Å². The fraction of sp³-hybridized carbons (Fsp3) is 0.429. The van der Waals surface area contributed by atoms with Gasteiger partial charge in [0.05, 0.1) is 0 Å². The second-order valence-corrected chi connectivity index (χ2v) is 4.72. The Morgan fingerprint density at radius 3 is 2.63 bits per heavy atom. The number of amides is 2. The predicted octanol–water partition coefficient (Wildman–Crippen LogP) is 0.748. The van der Waals surface area contributed by atoms with Crippen LogP contribution in [-0.2, 0) is 4.79 Å². The molecule has 2 amide bonds. The van der Waals surface area contributed by atoms with Crippen LogP contribution in [0.1, 0.15) is 23.7 Å². The van der Waals surface area contributed by atoms with Crippen molar-refractivity contribution in [1.82, 2.24) is 5.32 Å². The highest BCUT2D eigenvalue weighted by Crippen LogP contribution is 2.24. The Morgan fingerprint density at radius 1 is 1.42 bits per heavy atom. The lowest BCUT2D eigenvalue weighted by atomic mass is 10.1. The standard InChI is InChI=1S/C14H19N3O2/c1-2-16-14(19)11-3-5-12(6-4-11)17-9-10(8-15)7-13(17)18/h3-6,10H,2,7-9,15H2,1H3,(H,16,19).